The number of halogens is 1. The molecular weight excluding hydrogens is 408 g/mol. The van der Waals surface area contributed by atoms with Crippen molar-refractivity contribution in [2.45, 2.75) is 6.92 Å². The number of pyridine rings is 1. The number of aromatic nitrogens is 1. The van der Waals surface area contributed by atoms with Crippen LogP contribution >= 0.6 is 22.9 Å². The second-order valence-corrected chi connectivity index (χ2v) is 7.62. The summed E-state index contributed by atoms with van der Waals surface area (Å²) in [4.78, 5) is 28.9. The van der Waals surface area contributed by atoms with Crippen LogP contribution in [0.15, 0.2) is 60.9 Å². The summed E-state index contributed by atoms with van der Waals surface area (Å²) in [7, 11) is 0. The monoisotopic (exact) mass is 426 g/mol. The van der Waals surface area contributed by atoms with E-state index in [9.17, 15) is 9.59 Å². The average Bonchev–Trinajstić information content (AvgIpc) is 3.22. The van der Waals surface area contributed by atoms with E-state index in [0.29, 0.717) is 28.8 Å². The summed E-state index contributed by atoms with van der Waals surface area (Å²) >= 11 is 7.75. The summed E-state index contributed by atoms with van der Waals surface area (Å²) in [5.74, 6) is 0.376. The number of hydrogen-bond donors (Lipinski definition) is 1. The summed E-state index contributed by atoms with van der Waals surface area (Å²) in [6.07, 6.45) is 6.50. The Hall–Kier alpha value is -2.96. The normalized spacial score (nSPS) is 10.8. The number of carbonyl (C=O) groups is 2. The summed E-state index contributed by atoms with van der Waals surface area (Å²) in [6.45, 7) is 2.19. The molecule has 0 aliphatic rings. The zero-order chi connectivity index (χ0) is 20.6. The molecule has 5 nitrogen and oxygen atoms in total. The van der Waals surface area contributed by atoms with Gasteiger partial charge < -0.3 is 10.1 Å². The Bertz CT molecular complexity index is 1030. The van der Waals surface area contributed by atoms with E-state index in [1.54, 1.807) is 37.5 Å². The van der Waals surface area contributed by atoms with Crippen LogP contribution in [0, 0.1) is 0 Å². The molecule has 29 heavy (non-hydrogen) atoms. The third-order valence-corrected chi connectivity index (χ3v) is 5.47. The Morgan fingerprint density at radius 1 is 1.24 bits per heavy atom. The van der Waals surface area contributed by atoms with Gasteiger partial charge in [0.25, 0.3) is 0 Å². The van der Waals surface area contributed by atoms with Crippen molar-refractivity contribution in [3.8, 4) is 16.2 Å². The smallest absolute Gasteiger partial charge is 0.244 e. The Morgan fingerprint density at radius 2 is 2.10 bits per heavy atom. The minimum atomic E-state index is -0.210. The highest BCUT2D eigenvalue weighted by Gasteiger charge is 2.09. The number of Topliss-reactive ketones (excluding diaryl/α,β-unsaturated/α-hetero) is 1. The van der Waals surface area contributed by atoms with E-state index in [-0.39, 0.29) is 11.7 Å². The first kappa shape index (κ1) is 20.8. The van der Waals surface area contributed by atoms with Gasteiger partial charge in [0, 0.05) is 23.3 Å². The molecular formula is C22H19ClN2O3S. The Balaban J connectivity index is 1.48. The number of benzene rings is 1. The van der Waals surface area contributed by atoms with Crippen LogP contribution in [0.5, 0.6) is 5.75 Å². The van der Waals surface area contributed by atoms with Gasteiger partial charge in [-0.05, 0) is 60.5 Å². The van der Waals surface area contributed by atoms with Crippen LogP contribution in [0.4, 0.5) is 0 Å². The highest BCUT2D eigenvalue weighted by Crippen LogP contribution is 2.34. The van der Waals surface area contributed by atoms with Crippen LogP contribution in [0.25, 0.3) is 16.5 Å². The molecule has 0 aliphatic carbocycles. The molecule has 2 aromatic heterocycles. The molecule has 2 heterocycles. The lowest BCUT2D eigenvalue weighted by Crippen LogP contribution is -2.26. The number of carbonyl (C=O) groups excluding carboxylic acids is 2. The van der Waals surface area contributed by atoms with Gasteiger partial charge in [-0.25, -0.2) is 0 Å². The van der Waals surface area contributed by atoms with Crippen molar-refractivity contribution in [1.29, 1.82) is 0 Å². The van der Waals surface area contributed by atoms with Gasteiger partial charge in [0.2, 0.25) is 5.91 Å². The molecule has 148 valence electrons. The van der Waals surface area contributed by atoms with E-state index in [4.69, 9.17) is 16.3 Å². The maximum atomic E-state index is 11.8. The largest absolute Gasteiger partial charge is 0.490 e. The van der Waals surface area contributed by atoms with Gasteiger partial charge >= 0.3 is 0 Å². The first-order valence-corrected chi connectivity index (χ1v) is 10.1. The summed E-state index contributed by atoms with van der Waals surface area (Å²) in [5, 5.41) is 3.22. The fourth-order valence-corrected chi connectivity index (χ4v) is 3.63. The first-order chi connectivity index (χ1) is 14.0. The number of nitrogens with zero attached hydrogens (tertiary/aromatic N) is 1. The van der Waals surface area contributed by atoms with Crippen LogP contribution in [0.3, 0.4) is 0 Å². The molecule has 0 aliphatic heterocycles. The van der Waals surface area contributed by atoms with Gasteiger partial charge in [0.05, 0.1) is 16.4 Å². The zero-order valence-corrected chi connectivity index (χ0v) is 17.3. The minimum Gasteiger partial charge on any atom is -0.490 e. The summed E-state index contributed by atoms with van der Waals surface area (Å²) < 4.78 is 5.65. The lowest BCUT2D eigenvalue weighted by atomic mass is 10.2. The molecule has 0 unspecified atom stereocenters. The van der Waals surface area contributed by atoms with Crippen LogP contribution in [-0.2, 0) is 4.79 Å². The quantitative estimate of drug-likeness (QED) is 0.317. The molecule has 0 atom stereocenters. The molecule has 1 amide bonds. The van der Waals surface area contributed by atoms with Crippen LogP contribution in [0.1, 0.15) is 22.2 Å². The maximum Gasteiger partial charge on any atom is 0.244 e. The predicted octanol–water partition coefficient (Wildman–Crippen LogP) is 4.87. The van der Waals surface area contributed by atoms with Crippen molar-refractivity contribution >= 4 is 40.7 Å². The van der Waals surface area contributed by atoms with Crippen molar-refractivity contribution in [2.75, 3.05) is 13.2 Å². The molecule has 3 aromatic rings. The Labute approximate surface area is 178 Å². The third-order valence-electron chi connectivity index (χ3n) is 3.94. The molecule has 0 fully saturated rings. The van der Waals surface area contributed by atoms with Crippen LogP contribution in [-0.4, -0.2) is 29.8 Å². The number of ketones is 1. The number of amides is 1. The highest BCUT2D eigenvalue weighted by molar-refractivity contribution is 7.17. The first-order valence-electron chi connectivity index (χ1n) is 8.92. The SMILES string of the molecule is CC(=O)c1ccc(-c2ccc(OCCNC(=O)C=Cc3cccnc3)c(Cl)c2)s1. The predicted molar refractivity (Wildman–Crippen MR) is 117 cm³/mol. The molecule has 0 saturated heterocycles. The lowest BCUT2D eigenvalue weighted by Gasteiger charge is -2.09. The number of nitrogens with one attached hydrogen (secondary N) is 1. The standard InChI is InChI=1S/C22H19ClN2O3S/c1-15(26)20-7-8-21(29-20)17-5-6-19(18(23)13-17)28-12-11-25-22(27)9-4-16-3-2-10-24-14-16/h2-10,13-14H,11-12H2,1H3,(H,25,27). The Morgan fingerprint density at radius 3 is 2.79 bits per heavy atom. The minimum absolute atomic E-state index is 0.0460. The van der Waals surface area contributed by atoms with Gasteiger partial charge in [0.1, 0.15) is 12.4 Å². The molecule has 1 aromatic carbocycles. The fourth-order valence-electron chi connectivity index (χ4n) is 2.49. The lowest BCUT2D eigenvalue weighted by molar-refractivity contribution is -0.116. The van der Waals surface area contributed by atoms with Crippen LogP contribution in [0.2, 0.25) is 5.02 Å². The zero-order valence-electron chi connectivity index (χ0n) is 15.7. The van der Waals surface area contributed by atoms with Crippen molar-refractivity contribution in [3.63, 3.8) is 0 Å². The van der Waals surface area contributed by atoms with Gasteiger partial charge in [-0.15, -0.1) is 11.3 Å². The second kappa shape index (κ2) is 10.0. The number of rotatable bonds is 8. The Kier molecular flexibility index (Phi) is 7.16. The number of thiophene rings is 1. The third kappa shape index (κ3) is 6.01. The van der Waals surface area contributed by atoms with Gasteiger partial charge in [0.15, 0.2) is 5.78 Å². The van der Waals surface area contributed by atoms with E-state index in [2.05, 4.69) is 10.3 Å². The molecule has 0 saturated carbocycles. The fraction of sp³-hybridized carbons (Fsp3) is 0.136. The number of hydrogen-bond acceptors (Lipinski definition) is 5. The average molecular weight is 427 g/mol. The maximum absolute atomic E-state index is 11.8. The highest BCUT2D eigenvalue weighted by atomic mass is 35.5. The van der Waals surface area contributed by atoms with Crippen molar-refractivity contribution in [3.05, 3.63) is 76.4 Å². The van der Waals surface area contributed by atoms with Crippen LogP contribution < -0.4 is 10.1 Å². The molecule has 1 N–H and O–H groups in total. The van der Waals surface area contributed by atoms with Gasteiger partial charge in [-0.3, -0.25) is 14.6 Å². The van der Waals surface area contributed by atoms with Gasteiger partial charge in [-0.2, -0.15) is 0 Å². The topological polar surface area (TPSA) is 68.3 Å². The van der Waals surface area contributed by atoms with Gasteiger partial charge in [-0.1, -0.05) is 17.7 Å². The summed E-state index contributed by atoms with van der Waals surface area (Å²) in [5.41, 5.74) is 1.78. The number of ether oxygens (including phenoxy) is 1. The summed E-state index contributed by atoms with van der Waals surface area (Å²) in [6, 6.07) is 12.9. The van der Waals surface area contributed by atoms with Crippen molar-refractivity contribution < 1.29 is 14.3 Å². The molecule has 0 bridgehead atoms. The molecule has 3 rings (SSSR count). The van der Waals surface area contributed by atoms with Crippen molar-refractivity contribution in [1.82, 2.24) is 10.3 Å². The van der Waals surface area contributed by atoms with E-state index >= 15 is 0 Å². The molecule has 0 radical (unpaired) electrons. The van der Waals surface area contributed by atoms with E-state index < -0.39 is 0 Å². The van der Waals surface area contributed by atoms with E-state index in [0.717, 1.165) is 16.0 Å². The second-order valence-electron chi connectivity index (χ2n) is 6.12. The van der Waals surface area contributed by atoms with E-state index in [1.807, 2.05) is 30.3 Å². The van der Waals surface area contributed by atoms with Crippen molar-refractivity contribution in [2.24, 2.45) is 0 Å². The van der Waals surface area contributed by atoms with E-state index in [1.165, 1.54) is 17.4 Å². The molecule has 0 spiro atoms. The molecule has 7 heteroatoms.